The molecule has 2 atom stereocenters. The fourth-order valence-electron chi connectivity index (χ4n) is 2.81. The fourth-order valence-corrected chi connectivity index (χ4v) is 2.81. The molecule has 3 rings (SSSR count). The Balaban J connectivity index is 1.62. The highest BCUT2D eigenvalue weighted by molar-refractivity contribution is 5.69. The van der Waals surface area contributed by atoms with Crippen molar-refractivity contribution in [2.75, 3.05) is 12.3 Å². The van der Waals surface area contributed by atoms with Crippen molar-refractivity contribution < 1.29 is 14.3 Å². The second kappa shape index (κ2) is 5.40. The monoisotopic (exact) mass is 322 g/mol. The zero-order valence-electron chi connectivity index (χ0n) is 14.3. The second-order valence-electron chi connectivity index (χ2n) is 7.85. The van der Waals surface area contributed by atoms with Crippen LogP contribution in [0.3, 0.4) is 0 Å². The van der Waals surface area contributed by atoms with Gasteiger partial charge in [0.05, 0.1) is 17.8 Å². The van der Waals surface area contributed by atoms with Gasteiger partial charge >= 0.3 is 6.09 Å². The van der Waals surface area contributed by atoms with Crippen LogP contribution >= 0.6 is 0 Å². The second-order valence-corrected chi connectivity index (χ2v) is 7.85. The average molecular weight is 322 g/mol. The van der Waals surface area contributed by atoms with Crippen LogP contribution in [0, 0.1) is 0 Å². The lowest BCUT2D eigenvalue weighted by Gasteiger charge is -2.24. The van der Waals surface area contributed by atoms with Gasteiger partial charge in [0.25, 0.3) is 0 Å². The number of anilines is 1. The molecule has 128 valence electrons. The number of nitrogens with zero attached hydrogens (tertiary/aromatic N) is 2. The summed E-state index contributed by atoms with van der Waals surface area (Å²) >= 11 is 0. The first-order chi connectivity index (χ1) is 10.7. The average Bonchev–Trinajstić information content (AvgIpc) is 2.86. The minimum Gasteiger partial charge on any atom is -0.444 e. The van der Waals surface area contributed by atoms with E-state index in [1.54, 1.807) is 0 Å². The zero-order valence-corrected chi connectivity index (χ0v) is 14.3. The Bertz CT molecular complexity index is 601. The first-order valence-electron chi connectivity index (χ1n) is 8.13. The summed E-state index contributed by atoms with van der Waals surface area (Å²) in [5.74, 6) is 0.474. The molecule has 1 aliphatic carbocycles. The van der Waals surface area contributed by atoms with Gasteiger partial charge in [-0.2, -0.15) is 5.10 Å². The normalized spacial score (nSPS) is 26.1. The molecule has 1 amide bonds. The van der Waals surface area contributed by atoms with Crippen molar-refractivity contribution in [3.63, 3.8) is 0 Å². The molecule has 3 N–H and O–H groups in total. The Labute approximate surface area is 136 Å². The maximum Gasteiger partial charge on any atom is 0.407 e. The summed E-state index contributed by atoms with van der Waals surface area (Å²) in [4.78, 5) is 11.9. The number of carbonyl (C=O) groups excluding carboxylic acids is 1. The minimum absolute atomic E-state index is 0.0742. The smallest absolute Gasteiger partial charge is 0.407 e. The van der Waals surface area contributed by atoms with Gasteiger partial charge in [0, 0.05) is 18.0 Å². The van der Waals surface area contributed by atoms with Crippen molar-refractivity contribution >= 4 is 11.9 Å². The van der Waals surface area contributed by atoms with Crippen molar-refractivity contribution in [1.29, 1.82) is 0 Å². The molecule has 0 radical (unpaired) electrons. The molecule has 2 fully saturated rings. The molecular formula is C16H26N4O3. The molecule has 0 bridgehead atoms. The number of nitrogens with one attached hydrogen (secondary N) is 1. The number of aromatic nitrogens is 2. The van der Waals surface area contributed by atoms with Crippen LogP contribution in [0.4, 0.5) is 10.6 Å². The third kappa shape index (κ3) is 3.60. The first kappa shape index (κ1) is 16.1. The van der Waals surface area contributed by atoms with E-state index in [0.29, 0.717) is 18.8 Å². The molecule has 0 aromatic carbocycles. The standard InChI is InChI=1S/C16H26N4O3/c1-15(2,3)20-11(8-13(17)19-20)12-7-10(9-22-12)23-14(21)18-16(4)5-6-16/h8,10,12H,5-7,9H2,1-4H3,(H2,17,19)(H,18,21)/t10-,12-/m1/s1. The Morgan fingerprint density at radius 3 is 2.83 bits per heavy atom. The Hall–Kier alpha value is -1.76. The molecule has 1 saturated carbocycles. The number of rotatable bonds is 3. The number of nitrogens with two attached hydrogens (primary N) is 1. The van der Waals surface area contributed by atoms with E-state index in [0.717, 1.165) is 18.5 Å². The van der Waals surface area contributed by atoms with E-state index >= 15 is 0 Å². The van der Waals surface area contributed by atoms with Gasteiger partial charge in [-0.05, 0) is 40.5 Å². The Morgan fingerprint density at radius 1 is 1.52 bits per heavy atom. The van der Waals surface area contributed by atoms with Gasteiger partial charge in [-0.25, -0.2) is 4.79 Å². The van der Waals surface area contributed by atoms with Crippen LogP contribution < -0.4 is 11.1 Å². The molecule has 0 spiro atoms. The molecule has 2 aliphatic rings. The summed E-state index contributed by atoms with van der Waals surface area (Å²) in [5.41, 5.74) is 6.52. The number of alkyl carbamates (subject to hydrolysis) is 1. The highest BCUT2D eigenvalue weighted by atomic mass is 16.6. The Kier molecular flexibility index (Phi) is 3.78. The molecule has 7 nitrogen and oxygen atoms in total. The van der Waals surface area contributed by atoms with E-state index in [2.05, 4.69) is 31.2 Å². The van der Waals surface area contributed by atoms with E-state index in [4.69, 9.17) is 15.2 Å². The summed E-state index contributed by atoms with van der Waals surface area (Å²) in [6.45, 7) is 8.61. The maximum absolute atomic E-state index is 11.9. The van der Waals surface area contributed by atoms with Gasteiger partial charge in [-0.3, -0.25) is 4.68 Å². The van der Waals surface area contributed by atoms with Crippen LogP contribution in [-0.2, 0) is 15.0 Å². The molecule has 7 heteroatoms. The fraction of sp³-hybridized carbons (Fsp3) is 0.750. The third-order valence-corrected chi connectivity index (χ3v) is 4.36. The SMILES string of the molecule is CC1(NC(=O)O[C@H]2CO[C@@H](c3cc(N)nn3C(C)(C)C)C2)CC1. The molecule has 23 heavy (non-hydrogen) atoms. The third-order valence-electron chi connectivity index (χ3n) is 4.36. The van der Waals surface area contributed by atoms with Gasteiger partial charge in [0.1, 0.15) is 18.0 Å². The summed E-state index contributed by atoms with van der Waals surface area (Å²) in [7, 11) is 0. The quantitative estimate of drug-likeness (QED) is 0.891. The lowest BCUT2D eigenvalue weighted by molar-refractivity contribution is 0.0651. The number of amides is 1. The maximum atomic E-state index is 11.9. The van der Waals surface area contributed by atoms with Gasteiger partial charge in [0.15, 0.2) is 0 Å². The molecule has 1 aromatic heterocycles. The van der Waals surface area contributed by atoms with E-state index in [-0.39, 0.29) is 29.4 Å². The zero-order chi connectivity index (χ0) is 16.8. The predicted octanol–water partition coefficient (Wildman–Crippen LogP) is 2.33. The van der Waals surface area contributed by atoms with Crippen LogP contribution in [0.2, 0.25) is 0 Å². The number of hydrogen-bond acceptors (Lipinski definition) is 5. The van der Waals surface area contributed by atoms with Crippen LogP contribution in [0.25, 0.3) is 0 Å². The lowest BCUT2D eigenvalue weighted by Crippen LogP contribution is -2.37. The summed E-state index contributed by atoms with van der Waals surface area (Å²) in [6, 6.07) is 1.84. The molecule has 1 aliphatic heterocycles. The summed E-state index contributed by atoms with van der Waals surface area (Å²) in [5, 5.41) is 7.26. The van der Waals surface area contributed by atoms with Gasteiger partial charge in [-0.1, -0.05) is 0 Å². The summed E-state index contributed by atoms with van der Waals surface area (Å²) < 4.78 is 13.2. The van der Waals surface area contributed by atoms with E-state index < -0.39 is 0 Å². The number of hydrogen-bond donors (Lipinski definition) is 2. The van der Waals surface area contributed by atoms with Crippen LogP contribution in [0.15, 0.2) is 6.07 Å². The van der Waals surface area contributed by atoms with Crippen LogP contribution in [0.1, 0.15) is 58.8 Å². The highest BCUT2D eigenvalue weighted by Gasteiger charge is 2.40. The van der Waals surface area contributed by atoms with E-state index in [1.807, 2.05) is 17.7 Å². The predicted molar refractivity (Wildman–Crippen MR) is 86.0 cm³/mol. The lowest BCUT2D eigenvalue weighted by atomic mass is 10.1. The molecular weight excluding hydrogens is 296 g/mol. The first-order valence-corrected chi connectivity index (χ1v) is 8.13. The topological polar surface area (TPSA) is 91.4 Å². The van der Waals surface area contributed by atoms with Crippen molar-refractivity contribution in [2.24, 2.45) is 0 Å². The molecule has 1 aromatic rings. The number of nitrogen functional groups attached to an aromatic ring is 1. The number of carbonyl (C=O) groups is 1. The van der Waals surface area contributed by atoms with Crippen molar-refractivity contribution in [1.82, 2.24) is 15.1 Å². The largest absolute Gasteiger partial charge is 0.444 e. The summed E-state index contributed by atoms with van der Waals surface area (Å²) in [6.07, 6.45) is 1.88. The highest BCUT2D eigenvalue weighted by Crippen LogP contribution is 2.36. The van der Waals surface area contributed by atoms with Gasteiger partial charge in [-0.15, -0.1) is 0 Å². The van der Waals surface area contributed by atoms with Crippen molar-refractivity contribution in [2.45, 2.75) is 70.2 Å². The van der Waals surface area contributed by atoms with Crippen LogP contribution in [-0.4, -0.2) is 34.1 Å². The minimum atomic E-state index is -0.358. The van der Waals surface area contributed by atoms with Crippen molar-refractivity contribution in [3.05, 3.63) is 11.8 Å². The molecule has 1 saturated heterocycles. The van der Waals surface area contributed by atoms with Gasteiger partial charge < -0.3 is 20.5 Å². The molecule has 0 unspecified atom stereocenters. The van der Waals surface area contributed by atoms with Crippen molar-refractivity contribution in [3.8, 4) is 0 Å². The number of ether oxygens (including phenoxy) is 2. The van der Waals surface area contributed by atoms with E-state index in [9.17, 15) is 4.79 Å². The van der Waals surface area contributed by atoms with E-state index in [1.165, 1.54) is 0 Å². The Morgan fingerprint density at radius 2 is 2.22 bits per heavy atom. The molecule has 2 heterocycles. The van der Waals surface area contributed by atoms with Crippen LogP contribution in [0.5, 0.6) is 0 Å². The van der Waals surface area contributed by atoms with Gasteiger partial charge in [0.2, 0.25) is 0 Å².